The maximum Gasteiger partial charge on any atom is 0.319 e. The number of benzene rings is 1. The molecule has 98 valence electrons. The molecule has 0 saturated carbocycles. The molecule has 1 aromatic carbocycles. The van der Waals surface area contributed by atoms with Crippen molar-refractivity contribution in [1.29, 1.82) is 0 Å². The summed E-state index contributed by atoms with van der Waals surface area (Å²) in [5.41, 5.74) is 1.20. The zero-order valence-electron chi connectivity index (χ0n) is 11.1. The Hall–Kier alpha value is -1.61. The van der Waals surface area contributed by atoms with Crippen molar-refractivity contribution >= 4 is 5.97 Å². The number of hydrogen-bond donors (Lipinski definition) is 0. The second-order valence-corrected chi connectivity index (χ2v) is 4.21. The summed E-state index contributed by atoms with van der Waals surface area (Å²) in [6.07, 6.45) is 2.72. The predicted octanol–water partition coefficient (Wildman–Crippen LogP) is 2.80. The monoisotopic (exact) mass is 247 g/mol. The predicted molar refractivity (Wildman–Crippen MR) is 73.3 cm³/mol. The van der Waals surface area contributed by atoms with E-state index < -0.39 is 0 Å². The van der Waals surface area contributed by atoms with Crippen LogP contribution in [0.3, 0.4) is 0 Å². The van der Waals surface area contributed by atoms with E-state index in [1.165, 1.54) is 12.7 Å². The number of hydrogen-bond acceptors (Lipinski definition) is 3. The third-order valence-corrected chi connectivity index (χ3v) is 3.01. The highest BCUT2D eigenvalue weighted by molar-refractivity contribution is 5.71. The minimum absolute atomic E-state index is 0.185. The third kappa shape index (κ3) is 4.34. The molecule has 1 atom stereocenters. The van der Waals surface area contributed by atoms with Gasteiger partial charge in [-0.3, -0.25) is 9.69 Å². The standard InChI is InChI=1S/C15H21NO2/c1-4-5-11-16(12-15(17)18-3)13(2)14-9-7-6-8-10-14/h4,6-10,13H,1,5,11-12H2,2-3H3. The van der Waals surface area contributed by atoms with Crippen molar-refractivity contribution in [2.75, 3.05) is 20.2 Å². The number of nitrogens with zero attached hydrogens (tertiary/aromatic N) is 1. The molecular weight excluding hydrogens is 226 g/mol. The highest BCUT2D eigenvalue weighted by atomic mass is 16.5. The van der Waals surface area contributed by atoms with Gasteiger partial charge in [-0.05, 0) is 18.9 Å². The summed E-state index contributed by atoms with van der Waals surface area (Å²) in [6.45, 7) is 6.93. The van der Waals surface area contributed by atoms with Gasteiger partial charge in [-0.25, -0.2) is 0 Å². The Morgan fingerprint density at radius 1 is 1.44 bits per heavy atom. The Bertz CT molecular complexity index is 375. The zero-order chi connectivity index (χ0) is 13.4. The fraction of sp³-hybridized carbons (Fsp3) is 0.400. The number of rotatable bonds is 7. The van der Waals surface area contributed by atoms with Crippen LogP contribution < -0.4 is 0 Å². The molecule has 0 bridgehead atoms. The van der Waals surface area contributed by atoms with Gasteiger partial charge in [-0.1, -0.05) is 36.4 Å². The topological polar surface area (TPSA) is 29.5 Å². The van der Waals surface area contributed by atoms with E-state index in [0.29, 0.717) is 6.54 Å². The van der Waals surface area contributed by atoms with E-state index in [4.69, 9.17) is 4.74 Å². The lowest BCUT2D eigenvalue weighted by Crippen LogP contribution is -2.33. The van der Waals surface area contributed by atoms with E-state index in [1.54, 1.807) is 0 Å². The SMILES string of the molecule is C=CCCN(CC(=O)OC)C(C)c1ccccc1. The quantitative estimate of drug-likeness (QED) is 0.548. The molecule has 0 aliphatic carbocycles. The van der Waals surface area contributed by atoms with Gasteiger partial charge in [-0.15, -0.1) is 6.58 Å². The van der Waals surface area contributed by atoms with Crippen LogP contribution in [0.1, 0.15) is 24.9 Å². The van der Waals surface area contributed by atoms with Gasteiger partial charge in [0.1, 0.15) is 0 Å². The number of esters is 1. The van der Waals surface area contributed by atoms with Crippen molar-refractivity contribution < 1.29 is 9.53 Å². The van der Waals surface area contributed by atoms with Crippen LogP contribution in [0.2, 0.25) is 0 Å². The molecule has 0 spiro atoms. The van der Waals surface area contributed by atoms with Crippen molar-refractivity contribution in [2.24, 2.45) is 0 Å². The lowest BCUT2D eigenvalue weighted by Gasteiger charge is -2.28. The summed E-state index contributed by atoms with van der Waals surface area (Å²) >= 11 is 0. The van der Waals surface area contributed by atoms with Gasteiger partial charge < -0.3 is 4.74 Å². The smallest absolute Gasteiger partial charge is 0.319 e. The van der Waals surface area contributed by atoms with Gasteiger partial charge >= 0.3 is 5.97 Å². The number of carbonyl (C=O) groups is 1. The summed E-state index contributed by atoms with van der Waals surface area (Å²) in [5, 5.41) is 0. The molecule has 0 aromatic heterocycles. The number of methoxy groups -OCH3 is 1. The van der Waals surface area contributed by atoms with Gasteiger partial charge in [0.15, 0.2) is 0 Å². The van der Waals surface area contributed by atoms with E-state index in [0.717, 1.165) is 13.0 Å². The van der Waals surface area contributed by atoms with Crippen LogP contribution in [0.4, 0.5) is 0 Å². The van der Waals surface area contributed by atoms with Crippen LogP contribution in [0.15, 0.2) is 43.0 Å². The second-order valence-electron chi connectivity index (χ2n) is 4.21. The average molecular weight is 247 g/mol. The lowest BCUT2D eigenvalue weighted by atomic mass is 10.1. The summed E-state index contributed by atoms with van der Waals surface area (Å²) in [4.78, 5) is 13.5. The Morgan fingerprint density at radius 2 is 2.11 bits per heavy atom. The Morgan fingerprint density at radius 3 is 2.67 bits per heavy atom. The molecule has 1 unspecified atom stereocenters. The highest BCUT2D eigenvalue weighted by Gasteiger charge is 2.18. The summed E-state index contributed by atoms with van der Waals surface area (Å²) in [5.74, 6) is -0.207. The van der Waals surface area contributed by atoms with Crippen LogP contribution in [-0.4, -0.2) is 31.1 Å². The molecule has 0 saturated heterocycles. The van der Waals surface area contributed by atoms with Gasteiger partial charge in [0, 0.05) is 12.6 Å². The zero-order valence-corrected chi connectivity index (χ0v) is 11.1. The third-order valence-electron chi connectivity index (χ3n) is 3.01. The van der Waals surface area contributed by atoms with E-state index in [2.05, 4.69) is 30.5 Å². The van der Waals surface area contributed by atoms with E-state index in [1.807, 2.05) is 24.3 Å². The van der Waals surface area contributed by atoms with Crippen molar-refractivity contribution in [2.45, 2.75) is 19.4 Å². The van der Waals surface area contributed by atoms with Gasteiger partial charge in [-0.2, -0.15) is 0 Å². The molecule has 0 radical (unpaired) electrons. The summed E-state index contributed by atoms with van der Waals surface area (Å²) in [6, 6.07) is 10.3. The lowest BCUT2D eigenvalue weighted by molar-refractivity contribution is -0.142. The van der Waals surface area contributed by atoms with Crippen molar-refractivity contribution in [3.8, 4) is 0 Å². The molecule has 1 rings (SSSR count). The van der Waals surface area contributed by atoms with Crippen molar-refractivity contribution in [1.82, 2.24) is 4.90 Å². The summed E-state index contributed by atoms with van der Waals surface area (Å²) in [7, 11) is 1.42. The van der Waals surface area contributed by atoms with E-state index in [-0.39, 0.29) is 12.0 Å². The minimum Gasteiger partial charge on any atom is -0.468 e. The molecule has 1 aromatic rings. The van der Waals surface area contributed by atoms with Crippen LogP contribution in [-0.2, 0) is 9.53 Å². The first-order chi connectivity index (χ1) is 8.69. The molecule has 3 heteroatoms. The number of ether oxygens (including phenoxy) is 1. The normalized spacial score (nSPS) is 12.2. The van der Waals surface area contributed by atoms with Crippen molar-refractivity contribution in [3.63, 3.8) is 0 Å². The fourth-order valence-corrected chi connectivity index (χ4v) is 1.84. The van der Waals surface area contributed by atoms with Gasteiger partial charge in [0.2, 0.25) is 0 Å². The second kappa shape index (κ2) is 7.67. The van der Waals surface area contributed by atoms with Crippen LogP contribution in [0.25, 0.3) is 0 Å². The Kier molecular flexibility index (Phi) is 6.15. The van der Waals surface area contributed by atoms with Crippen molar-refractivity contribution in [3.05, 3.63) is 48.6 Å². The van der Waals surface area contributed by atoms with Gasteiger partial charge in [0.05, 0.1) is 13.7 Å². The van der Waals surface area contributed by atoms with Gasteiger partial charge in [0.25, 0.3) is 0 Å². The molecule has 0 amide bonds. The molecule has 0 heterocycles. The van der Waals surface area contributed by atoms with E-state index >= 15 is 0 Å². The first kappa shape index (κ1) is 14.5. The molecule has 0 fully saturated rings. The Balaban J connectivity index is 2.74. The molecule has 0 N–H and O–H groups in total. The molecule has 3 nitrogen and oxygen atoms in total. The first-order valence-corrected chi connectivity index (χ1v) is 6.15. The molecule has 18 heavy (non-hydrogen) atoms. The molecular formula is C15H21NO2. The first-order valence-electron chi connectivity index (χ1n) is 6.15. The number of carbonyl (C=O) groups excluding carboxylic acids is 1. The highest BCUT2D eigenvalue weighted by Crippen LogP contribution is 2.19. The largest absolute Gasteiger partial charge is 0.468 e. The minimum atomic E-state index is -0.207. The van der Waals surface area contributed by atoms with Crippen LogP contribution in [0.5, 0.6) is 0 Å². The Labute approximate surface area is 109 Å². The van der Waals surface area contributed by atoms with E-state index in [9.17, 15) is 4.79 Å². The average Bonchev–Trinajstić information content (AvgIpc) is 2.43. The molecule has 0 aliphatic heterocycles. The van der Waals surface area contributed by atoms with Crippen LogP contribution in [0, 0.1) is 0 Å². The maximum absolute atomic E-state index is 11.4. The maximum atomic E-state index is 11.4. The molecule has 0 aliphatic rings. The summed E-state index contributed by atoms with van der Waals surface area (Å²) < 4.78 is 4.74. The van der Waals surface area contributed by atoms with Crippen LogP contribution >= 0.6 is 0 Å². The fourth-order valence-electron chi connectivity index (χ4n) is 1.84.